The molecule has 0 bridgehead atoms. The van der Waals surface area contributed by atoms with Crippen molar-refractivity contribution in [1.29, 1.82) is 0 Å². The minimum Gasteiger partial charge on any atom is -0.492 e. The number of hydrogen-bond donors (Lipinski definition) is 1. The number of likely N-dealkylation sites (tertiary alicyclic amines) is 1. The molecule has 1 saturated heterocycles. The van der Waals surface area contributed by atoms with E-state index in [0.29, 0.717) is 6.04 Å². The summed E-state index contributed by atoms with van der Waals surface area (Å²) in [4.78, 5) is 2.40. The third-order valence-corrected chi connectivity index (χ3v) is 4.31. The van der Waals surface area contributed by atoms with Crippen molar-refractivity contribution in [2.75, 3.05) is 20.2 Å². The lowest BCUT2D eigenvalue weighted by molar-refractivity contribution is 0.124. The van der Waals surface area contributed by atoms with E-state index in [1.807, 2.05) is 25.1 Å². The van der Waals surface area contributed by atoms with E-state index < -0.39 is 0 Å². The number of likely N-dealkylation sites (N-methyl/N-ethyl adjacent to an activating group) is 1. The number of nitrogens with zero attached hydrogens (tertiary/aromatic N) is 1. The molecule has 0 radical (unpaired) electrons. The first kappa shape index (κ1) is 14.8. The van der Waals surface area contributed by atoms with Gasteiger partial charge in [0.05, 0.1) is 0 Å². The highest BCUT2D eigenvalue weighted by Crippen LogP contribution is 2.28. The normalized spacial score (nSPS) is 22.2. The van der Waals surface area contributed by atoms with Crippen molar-refractivity contribution >= 4 is 15.9 Å². The summed E-state index contributed by atoms with van der Waals surface area (Å²) in [6, 6.07) is 6.57. The Labute approximate surface area is 124 Å². The molecule has 19 heavy (non-hydrogen) atoms. The molecular weight excluding hydrogens is 304 g/mol. The molecular formula is C15H23BrN2O. The molecule has 4 heteroatoms. The summed E-state index contributed by atoms with van der Waals surface area (Å²) >= 11 is 3.48. The number of ether oxygens (including phenoxy) is 1. The lowest BCUT2D eigenvalue weighted by Crippen LogP contribution is -2.40. The summed E-state index contributed by atoms with van der Waals surface area (Å²) in [7, 11) is 2.18. The van der Waals surface area contributed by atoms with Gasteiger partial charge in [-0.15, -0.1) is 0 Å². The van der Waals surface area contributed by atoms with Crippen LogP contribution in [0.5, 0.6) is 5.75 Å². The topological polar surface area (TPSA) is 38.5 Å². The summed E-state index contributed by atoms with van der Waals surface area (Å²) in [6.07, 6.45) is 3.83. The largest absolute Gasteiger partial charge is 0.492 e. The van der Waals surface area contributed by atoms with Crippen LogP contribution in [0, 0.1) is 0 Å². The molecule has 0 spiro atoms. The fourth-order valence-corrected chi connectivity index (χ4v) is 2.93. The van der Waals surface area contributed by atoms with Gasteiger partial charge in [-0.3, -0.25) is 0 Å². The van der Waals surface area contributed by atoms with Gasteiger partial charge in [0.25, 0.3) is 0 Å². The van der Waals surface area contributed by atoms with Crippen molar-refractivity contribution in [3.05, 3.63) is 28.2 Å². The van der Waals surface area contributed by atoms with Gasteiger partial charge in [0.1, 0.15) is 12.4 Å². The fraction of sp³-hybridized carbons (Fsp3) is 0.600. The first-order valence-electron chi connectivity index (χ1n) is 6.96. The zero-order valence-electron chi connectivity index (χ0n) is 11.7. The van der Waals surface area contributed by atoms with Crippen LogP contribution >= 0.6 is 15.9 Å². The van der Waals surface area contributed by atoms with Gasteiger partial charge in [0, 0.05) is 22.1 Å². The van der Waals surface area contributed by atoms with Crippen LogP contribution in [0.4, 0.5) is 0 Å². The van der Waals surface area contributed by atoms with E-state index in [2.05, 4.69) is 27.9 Å². The molecule has 2 rings (SSSR count). The molecule has 0 aliphatic carbocycles. The molecule has 3 nitrogen and oxygen atoms in total. The first-order chi connectivity index (χ1) is 9.08. The van der Waals surface area contributed by atoms with Crippen LogP contribution in [0.3, 0.4) is 0 Å². The zero-order chi connectivity index (χ0) is 13.8. The Kier molecular flexibility index (Phi) is 5.25. The fourth-order valence-electron chi connectivity index (χ4n) is 2.55. The summed E-state index contributed by atoms with van der Waals surface area (Å²) in [6.45, 7) is 3.91. The molecule has 1 aromatic carbocycles. The minimum atomic E-state index is -0.0171. The van der Waals surface area contributed by atoms with Crippen molar-refractivity contribution < 1.29 is 4.74 Å². The molecule has 1 fully saturated rings. The molecule has 2 atom stereocenters. The van der Waals surface area contributed by atoms with Crippen molar-refractivity contribution in [1.82, 2.24) is 4.90 Å². The van der Waals surface area contributed by atoms with E-state index in [4.69, 9.17) is 10.5 Å². The van der Waals surface area contributed by atoms with Gasteiger partial charge in [-0.2, -0.15) is 0 Å². The number of halogens is 1. The summed E-state index contributed by atoms with van der Waals surface area (Å²) in [5, 5.41) is 0. The second-order valence-corrected chi connectivity index (χ2v) is 6.33. The Morgan fingerprint density at radius 1 is 1.47 bits per heavy atom. The van der Waals surface area contributed by atoms with Gasteiger partial charge in [-0.25, -0.2) is 0 Å². The molecule has 2 unspecified atom stereocenters. The van der Waals surface area contributed by atoms with Crippen LogP contribution in [0.1, 0.15) is 37.8 Å². The number of benzene rings is 1. The molecule has 1 heterocycles. The summed E-state index contributed by atoms with van der Waals surface area (Å²) < 4.78 is 7.06. The lowest BCUT2D eigenvalue weighted by atomic mass is 10.0. The molecule has 0 amide bonds. The number of piperidine rings is 1. The monoisotopic (exact) mass is 326 g/mol. The Hall–Kier alpha value is -0.580. The third-order valence-electron chi connectivity index (χ3n) is 3.82. The van der Waals surface area contributed by atoms with E-state index >= 15 is 0 Å². The molecule has 2 N–H and O–H groups in total. The first-order valence-corrected chi connectivity index (χ1v) is 7.75. The maximum atomic E-state index is 6.02. The summed E-state index contributed by atoms with van der Waals surface area (Å²) in [5.41, 5.74) is 7.07. The SMILES string of the molecule is CC(N)c1cc(Br)ccc1OCC1CCCCN1C. The van der Waals surface area contributed by atoms with Crippen molar-refractivity contribution in [2.24, 2.45) is 5.73 Å². The van der Waals surface area contributed by atoms with E-state index in [-0.39, 0.29) is 6.04 Å². The van der Waals surface area contributed by atoms with Crippen LogP contribution < -0.4 is 10.5 Å². The number of nitrogens with two attached hydrogens (primary N) is 1. The van der Waals surface area contributed by atoms with Gasteiger partial charge in [-0.1, -0.05) is 22.4 Å². The molecule has 1 aromatic rings. The maximum Gasteiger partial charge on any atom is 0.124 e. The predicted octanol–water partition coefficient (Wildman–Crippen LogP) is 3.33. The van der Waals surface area contributed by atoms with E-state index in [0.717, 1.165) is 22.4 Å². The zero-order valence-corrected chi connectivity index (χ0v) is 13.3. The van der Waals surface area contributed by atoms with Crippen molar-refractivity contribution in [3.8, 4) is 5.75 Å². The Balaban J connectivity index is 2.02. The minimum absolute atomic E-state index is 0.0171. The van der Waals surface area contributed by atoms with Gasteiger partial charge in [-0.05, 0) is 51.6 Å². The quantitative estimate of drug-likeness (QED) is 0.922. The van der Waals surface area contributed by atoms with E-state index in [1.54, 1.807) is 0 Å². The highest BCUT2D eigenvalue weighted by atomic mass is 79.9. The van der Waals surface area contributed by atoms with Crippen molar-refractivity contribution in [3.63, 3.8) is 0 Å². The van der Waals surface area contributed by atoms with E-state index in [9.17, 15) is 0 Å². The van der Waals surface area contributed by atoms with Gasteiger partial charge in [0.2, 0.25) is 0 Å². The second kappa shape index (κ2) is 6.73. The van der Waals surface area contributed by atoms with E-state index in [1.165, 1.54) is 25.8 Å². The molecule has 0 saturated carbocycles. The van der Waals surface area contributed by atoms with Gasteiger partial charge in [0.15, 0.2) is 0 Å². The van der Waals surface area contributed by atoms with Gasteiger partial charge < -0.3 is 15.4 Å². The molecule has 0 aromatic heterocycles. The van der Waals surface area contributed by atoms with Crippen LogP contribution in [0.25, 0.3) is 0 Å². The maximum absolute atomic E-state index is 6.02. The molecule has 1 aliphatic heterocycles. The Morgan fingerprint density at radius 3 is 2.95 bits per heavy atom. The highest BCUT2D eigenvalue weighted by molar-refractivity contribution is 9.10. The standard InChI is InChI=1S/C15H23BrN2O/c1-11(17)14-9-12(16)6-7-15(14)19-10-13-5-3-4-8-18(13)2/h6-7,9,11,13H,3-5,8,10,17H2,1-2H3. The number of rotatable bonds is 4. The lowest BCUT2D eigenvalue weighted by Gasteiger charge is -2.32. The van der Waals surface area contributed by atoms with Crippen LogP contribution in [-0.4, -0.2) is 31.1 Å². The Morgan fingerprint density at radius 2 is 2.26 bits per heavy atom. The van der Waals surface area contributed by atoms with Crippen LogP contribution in [0.2, 0.25) is 0 Å². The summed E-state index contributed by atoms with van der Waals surface area (Å²) in [5.74, 6) is 0.914. The average Bonchev–Trinajstić information content (AvgIpc) is 2.38. The smallest absolute Gasteiger partial charge is 0.124 e. The third kappa shape index (κ3) is 3.94. The van der Waals surface area contributed by atoms with Crippen molar-refractivity contribution in [2.45, 2.75) is 38.3 Å². The Bertz CT molecular complexity index is 423. The van der Waals surface area contributed by atoms with Gasteiger partial charge >= 0.3 is 0 Å². The predicted molar refractivity (Wildman–Crippen MR) is 82.5 cm³/mol. The average molecular weight is 327 g/mol. The van der Waals surface area contributed by atoms with Crippen LogP contribution in [-0.2, 0) is 0 Å². The number of hydrogen-bond acceptors (Lipinski definition) is 3. The highest BCUT2D eigenvalue weighted by Gasteiger charge is 2.20. The molecule has 1 aliphatic rings. The molecule has 106 valence electrons. The van der Waals surface area contributed by atoms with Crippen LogP contribution in [0.15, 0.2) is 22.7 Å². The second-order valence-electron chi connectivity index (χ2n) is 5.41.